The third-order valence-electron chi connectivity index (χ3n) is 4.80. The fourth-order valence-electron chi connectivity index (χ4n) is 3.34. The Morgan fingerprint density at radius 3 is 2.33 bits per heavy atom. The summed E-state index contributed by atoms with van der Waals surface area (Å²) in [6, 6.07) is 23.3. The zero-order valence-electron chi connectivity index (χ0n) is 15.1. The van der Waals surface area contributed by atoms with Crippen LogP contribution in [0, 0.1) is 6.92 Å². The molecule has 0 saturated carbocycles. The van der Waals surface area contributed by atoms with Gasteiger partial charge in [0.1, 0.15) is 0 Å². The molecule has 0 radical (unpaired) electrons. The highest BCUT2D eigenvalue weighted by Gasteiger charge is 2.35. The number of fused-ring (bicyclic) bond motifs is 1. The molecule has 1 aliphatic heterocycles. The molecular formula is C23H20N2O2. The number of carbonyl (C=O) groups is 2. The van der Waals surface area contributed by atoms with Crippen molar-refractivity contribution < 1.29 is 9.59 Å². The van der Waals surface area contributed by atoms with Crippen LogP contribution in [-0.2, 0) is 13.1 Å². The quantitative estimate of drug-likeness (QED) is 0.689. The first-order chi connectivity index (χ1) is 13.1. The van der Waals surface area contributed by atoms with Gasteiger partial charge in [-0.05, 0) is 36.2 Å². The number of nitrogens with zero attached hydrogens (tertiary/aromatic N) is 1. The van der Waals surface area contributed by atoms with Gasteiger partial charge in [0.05, 0.1) is 17.7 Å². The van der Waals surface area contributed by atoms with Crippen molar-refractivity contribution in [2.75, 3.05) is 5.32 Å². The predicted octanol–water partition coefficient (Wildman–Crippen LogP) is 4.40. The van der Waals surface area contributed by atoms with E-state index in [9.17, 15) is 9.59 Å². The fraction of sp³-hybridized carbons (Fsp3) is 0.130. The van der Waals surface area contributed by atoms with Gasteiger partial charge in [-0.2, -0.15) is 0 Å². The number of carbonyl (C=O) groups excluding carboxylic acids is 2. The van der Waals surface area contributed by atoms with Crippen LogP contribution in [0.2, 0.25) is 0 Å². The Labute approximate surface area is 158 Å². The molecule has 0 bridgehead atoms. The summed E-state index contributed by atoms with van der Waals surface area (Å²) < 4.78 is 0. The standard InChI is InChI=1S/C23H20N2O2/c1-16-11-12-19-20(13-16)23(27)25(22(19)26)15-18-9-5-6-10-21(18)24-14-17-7-3-2-4-8-17/h2-13,24H,14-15H2,1H3. The van der Waals surface area contributed by atoms with Crippen LogP contribution in [0.25, 0.3) is 0 Å². The second-order valence-electron chi connectivity index (χ2n) is 6.74. The molecule has 3 aromatic rings. The number of rotatable bonds is 5. The predicted molar refractivity (Wildman–Crippen MR) is 106 cm³/mol. The van der Waals surface area contributed by atoms with Crippen LogP contribution in [0.4, 0.5) is 5.69 Å². The molecule has 1 heterocycles. The van der Waals surface area contributed by atoms with Gasteiger partial charge in [0, 0.05) is 12.2 Å². The average Bonchev–Trinajstić information content (AvgIpc) is 2.92. The Balaban J connectivity index is 1.55. The van der Waals surface area contributed by atoms with E-state index < -0.39 is 0 Å². The van der Waals surface area contributed by atoms with E-state index in [4.69, 9.17) is 0 Å². The molecule has 0 fully saturated rings. The molecule has 1 aliphatic rings. The highest BCUT2D eigenvalue weighted by atomic mass is 16.2. The Hall–Kier alpha value is -3.40. The monoisotopic (exact) mass is 356 g/mol. The van der Waals surface area contributed by atoms with E-state index in [1.165, 1.54) is 10.5 Å². The minimum absolute atomic E-state index is 0.225. The number of benzene rings is 3. The van der Waals surface area contributed by atoms with Gasteiger partial charge in [0.15, 0.2) is 0 Å². The summed E-state index contributed by atoms with van der Waals surface area (Å²) in [5, 5.41) is 3.41. The number of para-hydroxylation sites is 1. The molecule has 2 amide bonds. The Morgan fingerprint density at radius 1 is 0.815 bits per heavy atom. The van der Waals surface area contributed by atoms with Crippen molar-refractivity contribution in [3.05, 3.63) is 101 Å². The molecule has 27 heavy (non-hydrogen) atoms. The highest BCUT2D eigenvalue weighted by molar-refractivity contribution is 6.21. The summed E-state index contributed by atoms with van der Waals surface area (Å²) in [4.78, 5) is 26.8. The number of anilines is 1. The molecule has 4 rings (SSSR count). The van der Waals surface area contributed by atoms with Crippen LogP contribution in [0.1, 0.15) is 37.4 Å². The highest BCUT2D eigenvalue weighted by Crippen LogP contribution is 2.27. The molecule has 0 aliphatic carbocycles. The van der Waals surface area contributed by atoms with Crippen molar-refractivity contribution >= 4 is 17.5 Å². The van der Waals surface area contributed by atoms with Crippen molar-refractivity contribution in [1.29, 1.82) is 0 Å². The molecule has 0 aromatic heterocycles. The fourth-order valence-corrected chi connectivity index (χ4v) is 3.34. The van der Waals surface area contributed by atoms with Gasteiger partial charge in [-0.15, -0.1) is 0 Å². The van der Waals surface area contributed by atoms with E-state index in [-0.39, 0.29) is 18.4 Å². The Kier molecular flexibility index (Phi) is 4.47. The van der Waals surface area contributed by atoms with Crippen molar-refractivity contribution in [1.82, 2.24) is 4.90 Å². The summed E-state index contributed by atoms with van der Waals surface area (Å²) in [6.45, 7) is 2.85. The van der Waals surface area contributed by atoms with Crippen molar-refractivity contribution in [3.8, 4) is 0 Å². The normalized spacial score (nSPS) is 13.0. The van der Waals surface area contributed by atoms with Gasteiger partial charge >= 0.3 is 0 Å². The van der Waals surface area contributed by atoms with E-state index in [1.54, 1.807) is 12.1 Å². The smallest absolute Gasteiger partial charge is 0.261 e. The van der Waals surface area contributed by atoms with E-state index in [2.05, 4.69) is 17.4 Å². The average molecular weight is 356 g/mol. The van der Waals surface area contributed by atoms with E-state index in [0.717, 1.165) is 16.8 Å². The zero-order chi connectivity index (χ0) is 18.8. The first kappa shape index (κ1) is 17.0. The van der Waals surface area contributed by atoms with Crippen LogP contribution in [0.5, 0.6) is 0 Å². The maximum atomic E-state index is 12.7. The zero-order valence-corrected chi connectivity index (χ0v) is 15.1. The summed E-state index contributed by atoms with van der Waals surface area (Å²) >= 11 is 0. The first-order valence-corrected chi connectivity index (χ1v) is 8.96. The molecule has 1 N–H and O–H groups in total. The van der Waals surface area contributed by atoms with Gasteiger partial charge in [-0.1, -0.05) is 60.2 Å². The lowest BCUT2D eigenvalue weighted by Gasteiger charge is -2.17. The van der Waals surface area contributed by atoms with Crippen LogP contribution in [-0.4, -0.2) is 16.7 Å². The third-order valence-corrected chi connectivity index (χ3v) is 4.80. The molecule has 3 aromatic carbocycles. The summed E-state index contributed by atoms with van der Waals surface area (Å²) in [7, 11) is 0. The lowest BCUT2D eigenvalue weighted by Crippen LogP contribution is -2.29. The lowest BCUT2D eigenvalue weighted by atomic mass is 10.1. The first-order valence-electron chi connectivity index (χ1n) is 8.96. The maximum absolute atomic E-state index is 12.7. The second kappa shape index (κ2) is 7.08. The van der Waals surface area contributed by atoms with Crippen molar-refractivity contribution in [3.63, 3.8) is 0 Å². The van der Waals surface area contributed by atoms with Crippen molar-refractivity contribution in [2.45, 2.75) is 20.0 Å². The molecule has 134 valence electrons. The van der Waals surface area contributed by atoms with Gasteiger partial charge in [-0.3, -0.25) is 14.5 Å². The minimum Gasteiger partial charge on any atom is -0.381 e. The number of aryl methyl sites for hydroxylation is 1. The van der Waals surface area contributed by atoms with E-state index >= 15 is 0 Å². The molecule has 0 spiro atoms. The topological polar surface area (TPSA) is 49.4 Å². The van der Waals surface area contributed by atoms with E-state index in [0.29, 0.717) is 17.7 Å². The minimum atomic E-state index is -0.229. The van der Waals surface area contributed by atoms with Crippen molar-refractivity contribution in [2.24, 2.45) is 0 Å². The SMILES string of the molecule is Cc1ccc2c(c1)C(=O)N(Cc1ccccc1NCc1ccccc1)C2=O. The van der Waals surface area contributed by atoms with Gasteiger partial charge in [-0.25, -0.2) is 0 Å². The van der Waals surface area contributed by atoms with Crippen LogP contribution < -0.4 is 5.32 Å². The largest absolute Gasteiger partial charge is 0.381 e. The van der Waals surface area contributed by atoms with Gasteiger partial charge in [0.2, 0.25) is 0 Å². The van der Waals surface area contributed by atoms with Gasteiger partial charge in [0.25, 0.3) is 11.8 Å². The van der Waals surface area contributed by atoms with Crippen LogP contribution in [0.15, 0.2) is 72.8 Å². The number of imide groups is 1. The van der Waals surface area contributed by atoms with Crippen LogP contribution in [0.3, 0.4) is 0 Å². The molecule has 4 heteroatoms. The third kappa shape index (κ3) is 3.34. The van der Waals surface area contributed by atoms with E-state index in [1.807, 2.05) is 55.5 Å². The molecular weight excluding hydrogens is 336 g/mol. The van der Waals surface area contributed by atoms with Gasteiger partial charge < -0.3 is 5.32 Å². The maximum Gasteiger partial charge on any atom is 0.261 e. The summed E-state index contributed by atoms with van der Waals surface area (Å²) in [6.07, 6.45) is 0. The lowest BCUT2D eigenvalue weighted by molar-refractivity contribution is 0.0642. The summed E-state index contributed by atoms with van der Waals surface area (Å²) in [5.74, 6) is -0.454. The Bertz CT molecular complexity index is 1010. The second-order valence-corrected chi connectivity index (χ2v) is 6.74. The van der Waals surface area contributed by atoms with Crippen LogP contribution >= 0.6 is 0 Å². The number of amides is 2. The number of hydrogen-bond acceptors (Lipinski definition) is 3. The summed E-state index contributed by atoms with van der Waals surface area (Å²) in [5.41, 5.74) is 4.97. The number of nitrogens with one attached hydrogen (secondary N) is 1. The molecule has 4 nitrogen and oxygen atoms in total. The molecule has 0 unspecified atom stereocenters. The molecule has 0 saturated heterocycles. The number of hydrogen-bond donors (Lipinski definition) is 1. The molecule has 0 atom stereocenters. The Morgan fingerprint density at radius 2 is 1.52 bits per heavy atom.